The average Bonchev–Trinajstić information content (AvgIpc) is 2.26. The summed E-state index contributed by atoms with van der Waals surface area (Å²) in [6, 6.07) is 6.38. The molecule has 0 aliphatic rings. The molecular weight excluding hydrogens is 217 g/mol. The number of carbonyl (C=O) groups excluding carboxylic acids is 1. The molecule has 2 nitrogen and oxygen atoms in total. The number of carbonyl (C=O) groups is 1. The van der Waals surface area contributed by atoms with Gasteiger partial charge in [0.2, 0.25) is 5.91 Å². The third kappa shape index (κ3) is 4.98. The molecule has 94 valence electrons. The van der Waals surface area contributed by atoms with Crippen molar-refractivity contribution < 1.29 is 9.18 Å². The van der Waals surface area contributed by atoms with Crippen LogP contribution in [0.4, 0.5) is 4.39 Å². The molecule has 0 spiro atoms. The minimum atomic E-state index is -0.253. The van der Waals surface area contributed by atoms with E-state index in [1.54, 1.807) is 6.07 Å². The summed E-state index contributed by atoms with van der Waals surface area (Å²) in [6.45, 7) is 6.02. The van der Waals surface area contributed by atoms with Crippen LogP contribution in [0.1, 0.15) is 39.2 Å². The Balaban J connectivity index is 2.44. The van der Waals surface area contributed by atoms with E-state index in [0.717, 1.165) is 12.0 Å². The maximum atomic E-state index is 12.9. The lowest BCUT2D eigenvalue weighted by molar-refractivity contribution is -0.122. The van der Waals surface area contributed by atoms with Gasteiger partial charge in [0.05, 0.1) is 0 Å². The van der Waals surface area contributed by atoms with Gasteiger partial charge in [-0.3, -0.25) is 4.79 Å². The Morgan fingerprint density at radius 1 is 1.41 bits per heavy atom. The maximum absolute atomic E-state index is 12.9. The molecule has 0 saturated carbocycles. The molecule has 1 N–H and O–H groups in total. The van der Waals surface area contributed by atoms with Crippen LogP contribution in [-0.4, -0.2) is 11.4 Å². The van der Waals surface area contributed by atoms with Crippen LogP contribution in [0, 0.1) is 5.82 Å². The normalized spacial score (nSPS) is 11.3. The second-order valence-corrected chi connectivity index (χ2v) is 4.92. The molecule has 1 amide bonds. The minimum Gasteiger partial charge on any atom is -0.351 e. The zero-order valence-electron chi connectivity index (χ0n) is 10.7. The van der Waals surface area contributed by atoms with Crippen LogP contribution in [0.2, 0.25) is 0 Å². The summed E-state index contributed by atoms with van der Waals surface area (Å²) in [5.41, 5.74) is 0.688. The van der Waals surface area contributed by atoms with Crippen molar-refractivity contribution in [1.29, 1.82) is 0 Å². The predicted octanol–water partition coefficient (Wildman–Crippen LogP) is 3.06. The Bertz CT molecular complexity index is 388. The van der Waals surface area contributed by atoms with Crippen molar-refractivity contribution in [3.05, 3.63) is 35.6 Å². The van der Waals surface area contributed by atoms with Crippen molar-refractivity contribution in [1.82, 2.24) is 5.32 Å². The van der Waals surface area contributed by atoms with Gasteiger partial charge in [0.25, 0.3) is 0 Å². The quantitative estimate of drug-likeness (QED) is 0.837. The first kappa shape index (κ1) is 13.7. The number of amides is 1. The van der Waals surface area contributed by atoms with Gasteiger partial charge in [-0.2, -0.15) is 0 Å². The van der Waals surface area contributed by atoms with Gasteiger partial charge in [0, 0.05) is 12.0 Å². The van der Waals surface area contributed by atoms with Gasteiger partial charge in [-0.25, -0.2) is 4.39 Å². The number of benzene rings is 1. The van der Waals surface area contributed by atoms with E-state index in [9.17, 15) is 9.18 Å². The van der Waals surface area contributed by atoms with Gasteiger partial charge in [0.15, 0.2) is 0 Å². The number of aryl methyl sites for hydroxylation is 1. The number of hydrogen-bond donors (Lipinski definition) is 1. The Kier molecular flexibility index (Phi) is 4.67. The molecule has 0 bridgehead atoms. The molecule has 0 saturated heterocycles. The van der Waals surface area contributed by atoms with Crippen LogP contribution in [0.25, 0.3) is 0 Å². The molecule has 0 aliphatic heterocycles. The Hall–Kier alpha value is -1.38. The van der Waals surface area contributed by atoms with Crippen LogP contribution < -0.4 is 5.32 Å². The third-order valence-corrected chi connectivity index (χ3v) is 2.89. The molecule has 0 heterocycles. The smallest absolute Gasteiger partial charge is 0.220 e. The first-order valence-corrected chi connectivity index (χ1v) is 5.98. The first-order valence-electron chi connectivity index (χ1n) is 5.98. The van der Waals surface area contributed by atoms with Crippen molar-refractivity contribution in [3.63, 3.8) is 0 Å². The van der Waals surface area contributed by atoms with Gasteiger partial charge in [-0.15, -0.1) is 0 Å². The molecule has 1 aromatic rings. The van der Waals surface area contributed by atoms with Crippen molar-refractivity contribution >= 4 is 5.91 Å². The molecule has 0 aromatic heterocycles. The van der Waals surface area contributed by atoms with Gasteiger partial charge in [-0.1, -0.05) is 19.1 Å². The minimum absolute atomic E-state index is 0.0149. The Labute approximate surface area is 102 Å². The highest BCUT2D eigenvalue weighted by atomic mass is 19.1. The van der Waals surface area contributed by atoms with Crippen molar-refractivity contribution in [2.75, 3.05) is 0 Å². The van der Waals surface area contributed by atoms with E-state index in [1.165, 1.54) is 12.1 Å². The summed E-state index contributed by atoms with van der Waals surface area (Å²) in [6.07, 6.45) is 1.86. The lowest BCUT2D eigenvalue weighted by atomic mass is 10.0. The van der Waals surface area contributed by atoms with E-state index in [1.807, 2.05) is 26.8 Å². The van der Waals surface area contributed by atoms with Crippen molar-refractivity contribution in [2.24, 2.45) is 0 Å². The van der Waals surface area contributed by atoms with E-state index in [0.29, 0.717) is 12.8 Å². The highest BCUT2D eigenvalue weighted by Crippen LogP contribution is 2.09. The zero-order valence-corrected chi connectivity index (χ0v) is 10.7. The van der Waals surface area contributed by atoms with Gasteiger partial charge in [-0.05, 0) is 44.4 Å². The largest absolute Gasteiger partial charge is 0.351 e. The Morgan fingerprint density at radius 3 is 2.71 bits per heavy atom. The Morgan fingerprint density at radius 2 is 2.12 bits per heavy atom. The molecule has 0 atom stereocenters. The SMILES string of the molecule is CCC(C)(C)NC(=O)CCc1cccc(F)c1. The molecule has 3 heteroatoms. The highest BCUT2D eigenvalue weighted by molar-refractivity contribution is 5.76. The van der Waals surface area contributed by atoms with Crippen LogP contribution in [0.5, 0.6) is 0 Å². The molecular formula is C14H20FNO. The lowest BCUT2D eigenvalue weighted by Crippen LogP contribution is -2.42. The second-order valence-electron chi connectivity index (χ2n) is 4.92. The van der Waals surface area contributed by atoms with Gasteiger partial charge < -0.3 is 5.32 Å². The fraction of sp³-hybridized carbons (Fsp3) is 0.500. The fourth-order valence-corrected chi connectivity index (χ4v) is 1.48. The number of halogens is 1. The standard InChI is InChI=1S/C14H20FNO/c1-4-14(2,3)16-13(17)9-8-11-6-5-7-12(15)10-11/h5-7,10H,4,8-9H2,1-3H3,(H,16,17). The number of hydrogen-bond acceptors (Lipinski definition) is 1. The summed E-state index contributed by atoms with van der Waals surface area (Å²) in [5.74, 6) is -0.238. The van der Waals surface area contributed by atoms with Crippen LogP contribution >= 0.6 is 0 Å². The van der Waals surface area contributed by atoms with Crippen LogP contribution in [0.3, 0.4) is 0 Å². The van der Waals surface area contributed by atoms with Gasteiger partial charge in [0.1, 0.15) is 5.82 Å². The topological polar surface area (TPSA) is 29.1 Å². The number of rotatable bonds is 5. The van der Waals surface area contributed by atoms with E-state index in [-0.39, 0.29) is 17.3 Å². The monoisotopic (exact) mass is 237 g/mol. The summed E-state index contributed by atoms with van der Waals surface area (Å²) >= 11 is 0. The molecule has 0 unspecified atom stereocenters. The van der Waals surface area contributed by atoms with E-state index in [2.05, 4.69) is 5.32 Å². The van der Waals surface area contributed by atoms with Crippen molar-refractivity contribution in [3.8, 4) is 0 Å². The predicted molar refractivity (Wildman–Crippen MR) is 67.2 cm³/mol. The molecule has 0 fully saturated rings. The van der Waals surface area contributed by atoms with Crippen LogP contribution in [-0.2, 0) is 11.2 Å². The average molecular weight is 237 g/mol. The molecule has 1 rings (SSSR count). The molecule has 0 radical (unpaired) electrons. The van der Waals surface area contributed by atoms with E-state index in [4.69, 9.17) is 0 Å². The fourth-order valence-electron chi connectivity index (χ4n) is 1.48. The second kappa shape index (κ2) is 5.80. The van der Waals surface area contributed by atoms with Crippen LogP contribution in [0.15, 0.2) is 24.3 Å². The summed E-state index contributed by atoms with van der Waals surface area (Å²) in [4.78, 5) is 11.7. The van der Waals surface area contributed by atoms with Crippen molar-refractivity contribution in [2.45, 2.75) is 45.6 Å². The molecule has 0 aliphatic carbocycles. The van der Waals surface area contributed by atoms with Gasteiger partial charge >= 0.3 is 0 Å². The maximum Gasteiger partial charge on any atom is 0.220 e. The summed E-state index contributed by atoms with van der Waals surface area (Å²) in [5, 5.41) is 2.96. The summed E-state index contributed by atoms with van der Waals surface area (Å²) < 4.78 is 12.9. The van der Waals surface area contributed by atoms with E-state index < -0.39 is 0 Å². The lowest BCUT2D eigenvalue weighted by Gasteiger charge is -2.24. The molecule has 1 aromatic carbocycles. The first-order chi connectivity index (χ1) is 7.93. The number of nitrogens with one attached hydrogen (secondary N) is 1. The van der Waals surface area contributed by atoms with E-state index >= 15 is 0 Å². The zero-order chi connectivity index (χ0) is 12.9. The summed E-state index contributed by atoms with van der Waals surface area (Å²) in [7, 11) is 0. The highest BCUT2D eigenvalue weighted by Gasteiger charge is 2.17. The third-order valence-electron chi connectivity index (χ3n) is 2.89. The molecule has 17 heavy (non-hydrogen) atoms.